The third-order valence-electron chi connectivity index (χ3n) is 1.91. The lowest BCUT2D eigenvalue weighted by Crippen LogP contribution is -2.53. The predicted octanol–water partition coefficient (Wildman–Crippen LogP) is 1.10. The van der Waals surface area contributed by atoms with Gasteiger partial charge in [0.2, 0.25) is 5.91 Å². The number of carbonyl (C=O) groups is 1. The number of hydrogen-bond acceptors (Lipinski definition) is 2. The van der Waals surface area contributed by atoms with E-state index >= 15 is 0 Å². The Hall–Kier alpha value is -0.280. The molecular formula is C9H19ClN2O. The Balaban J connectivity index is 4.31. The average molecular weight is 207 g/mol. The molecule has 0 bridgehead atoms. The summed E-state index contributed by atoms with van der Waals surface area (Å²) >= 11 is 5.67. The third-order valence-corrected chi connectivity index (χ3v) is 2.58. The predicted molar refractivity (Wildman–Crippen MR) is 55.8 cm³/mol. The molecule has 0 aliphatic carbocycles. The zero-order chi connectivity index (χ0) is 10.7. The number of halogens is 1. The first-order valence-electron chi connectivity index (χ1n) is 4.34. The molecule has 0 heterocycles. The molecule has 4 heteroatoms. The summed E-state index contributed by atoms with van der Waals surface area (Å²) in [6, 6.07) is 0. The molecule has 1 amide bonds. The van der Waals surface area contributed by atoms with Gasteiger partial charge in [0, 0.05) is 18.0 Å². The van der Waals surface area contributed by atoms with Crippen LogP contribution >= 0.6 is 11.6 Å². The molecule has 78 valence electrons. The Morgan fingerprint density at radius 1 is 1.38 bits per heavy atom. The molecule has 0 spiro atoms. The van der Waals surface area contributed by atoms with E-state index in [-0.39, 0.29) is 11.4 Å². The summed E-state index contributed by atoms with van der Waals surface area (Å²) in [7, 11) is 0. The lowest BCUT2D eigenvalue weighted by atomic mass is 9.93. The molecule has 0 rings (SSSR count). The standard InChI is InChI=1S/C9H19ClN2O/c1-8(2,5-10)7(13)12-9(3,4)6-11/h5-6,11H2,1-4H3,(H,12,13). The lowest BCUT2D eigenvalue weighted by Gasteiger charge is -2.29. The summed E-state index contributed by atoms with van der Waals surface area (Å²) in [5.41, 5.74) is 4.60. The fourth-order valence-electron chi connectivity index (χ4n) is 0.588. The molecule has 0 aliphatic heterocycles. The maximum atomic E-state index is 11.6. The van der Waals surface area contributed by atoms with Gasteiger partial charge in [0.1, 0.15) is 0 Å². The number of alkyl halides is 1. The third kappa shape index (κ3) is 3.96. The van der Waals surface area contributed by atoms with Crippen LogP contribution in [-0.4, -0.2) is 23.9 Å². The zero-order valence-corrected chi connectivity index (χ0v) is 9.53. The minimum absolute atomic E-state index is 0.0575. The van der Waals surface area contributed by atoms with E-state index in [1.165, 1.54) is 0 Å². The Morgan fingerprint density at radius 3 is 2.15 bits per heavy atom. The first kappa shape index (κ1) is 12.7. The van der Waals surface area contributed by atoms with Crippen molar-refractivity contribution in [1.82, 2.24) is 5.32 Å². The minimum atomic E-state index is -0.534. The van der Waals surface area contributed by atoms with Gasteiger partial charge in [-0.1, -0.05) is 0 Å². The molecule has 13 heavy (non-hydrogen) atoms. The van der Waals surface area contributed by atoms with E-state index in [0.717, 1.165) is 0 Å². The molecule has 0 saturated carbocycles. The van der Waals surface area contributed by atoms with E-state index < -0.39 is 5.41 Å². The van der Waals surface area contributed by atoms with Gasteiger partial charge in [0.15, 0.2) is 0 Å². The van der Waals surface area contributed by atoms with E-state index in [9.17, 15) is 4.79 Å². The van der Waals surface area contributed by atoms with Crippen molar-refractivity contribution in [3.63, 3.8) is 0 Å². The van der Waals surface area contributed by atoms with Crippen molar-refractivity contribution in [3.8, 4) is 0 Å². The first-order chi connectivity index (χ1) is 5.75. The monoisotopic (exact) mass is 206 g/mol. The highest BCUT2D eigenvalue weighted by Crippen LogP contribution is 2.18. The van der Waals surface area contributed by atoms with E-state index in [1.807, 2.05) is 27.7 Å². The van der Waals surface area contributed by atoms with Crippen LogP contribution < -0.4 is 11.1 Å². The van der Waals surface area contributed by atoms with Crippen molar-refractivity contribution >= 4 is 17.5 Å². The van der Waals surface area contributed by atoms with Crippen molar-refractivity contribution < 1.29 is 4.79 Å². The molecular weight excluding hydrogens is 188 g/mol. The van der Waals surface area contributed by atoms with Crippen LogP contribution in [0.15, 0.2) is 0 Å². The van der Waals surface area contributed by atoms with Gasteiger partial charge in [0.25, 0.3) is 0 Å². The number of nitrogens with one attached hydrogen (secondary N) is 1. The van der Waals surface area contributed by atoms with Crippen molar-refractivity contribution in [2.45, 2.75) is 33.2 Å². The van der Waals surface area contributed by atoms with Crippen LogP contribution in [0.5, 0.6) is 0 Å². The van der Waals surface area contributed by atoms with Crippen LogP contribution in [-0.2, 0) is 4.79 Å². The summed E-state index contributed by atoms with van der Waals surface area (Å²) in [5.74, 6) is 0.248. The van der Waals surface area contributed by atoms with Crippen molar-refractivity contribution in [3.05, 3.63) is 0 Å². The topological polar surface area (TPSA) is 55.1 Å². The highest BCUT2D eigenvalue weighted by molar-refractivity contribution is 6.19. The number of carbonyl (C=O) groups excluding carboxylic acids is 1. The molecule has 0 radical (unpaired) electrons. The molecule has 0 aromatic heterocycles. The van der Waals surface area contributed by atoms with Crippen LogP contribution in [0.1, 0.15) is 27.7 Å². The van der Waals surface area contributed by atoms with Crippen LogP contribution in [0.3, 0.4) is 0 Å². The molecule has 0 saturated heterocycles. The fourth-order valence-corrected chi connectivity index (χ4v) is 0.710. The second-order valence-electron chi connectivity index (χ2n) is 4.56. The number of amides is 1. The van der Waals surface area contributed by atoms with E-state index in [2.05, 4.69) is 5.32 Å². The highest BCUT2D eigenvalue weighted by atomic mass is 35.5. The Bertz CT molecular complexity index is 190. The van der Waals surface area contributed by atoms with Crippen molar-refractivity contribution in [1.29, 1.82) is 0 Å². The van der Waals surface area contributed by atoms with Gasteiger partial charge in [-0.05, 0) is 27.7 Å². The maximum Gasteiger partial charge on any atom is 0.227 e. The van der Waals surface area contributed by atoms with E-state index in [0.29, 0.717) is 12.4 Å². The van der Waals surface area contributed by atoms with Crippen LogP contribution in [0.25, 0.3) is 0 Å². The molecule has 3 nitrogen and oxygen atoms in total. The van der Waals surface area contributed by atoms with Crippen LogP contribution in [0.4, 0.5) is 0 Å². The molecule has 3 N–H and O–H groups in total. The van der Waals surface area contributed by atoms with Gasteiger partial charge in [-0.25, -0.2) is 0 Å². The summed E-state index contributed by atoms with van der Waals surface area (Å²) in [6.45, 7) is 7.80. The van der Waals surface area contributed by atoms with Crippen LogP contribution in [0.2, 0.25) is 0 Å². The van der Waals surface area contributed by atoms with E-state index in [1.54, 1.807) is 0 Å². The second kappa shape index (κ2) is 4.29. The normalized spacial score (nSPS) is 12.8. The van der Waals surface area contributed by atoms with Gasteiger partial charge < -0.3 is 11.1 Å². The van der Waals surface area contributed by atoms with Crippen LogP contribution in [0, 0.1) is 5.41 Å². The van der Waals surface area contributed by atoms with Gasteiger partial charge in [-0.15, -0.1) is 11.6 Å². The summed E-state index contributed by atoms with van der Waals surface area (Å²) in [4.78, 5) is 11.6. The Morgan fingerprint density at radius 2 is 1.85 bits per heavy atom. The molecule has 0 atom stereocenters. The SMILES string of the molecule is CC(C)(CN)NC(=O)C(C)(C)CCl. The number of nitrogens with two attached hydrogens (primary N) is 1. The summed E-state index contributed by atoms with van der Waals surface area (Å²) in [5, 5.41) is 2.85. The fraction of sp³-hybridized carbons (Fsp3) is 0.889. The molecule has 0 aliphatic rings. The highest BCUT2D eigenvalue weighted by Gasteiger charge is 2.30. The molecule has 0 aromatic carbocycles. The Kier molecular flexibility index (Phi) is 4.20. The molecule has 0 aromatic rings. The number of hydrogen-bond donors (Lipinski definition) is 2. The van der Waals surface area contributed by atoms with Gasteiger partial charge in [-0.3, -0.25) is 4.79 Å². The van der Waals surface area contributed by atoms with Crippen molar-refractivity contribution in [2.75, 3.05) is 12.4 Å². The van der Waals surface area contributed by atoms with Crippen molar-refractivity contribution in [2.24, 2.45) is 11.1 Å². The summed E-state index contributed by atoms with van der Waals surface area (Å²) in [6.07, 6.45) is 0. The van der Waals surface area contributed by atoms with Gasteiger partial charge in [0.05, 0.1) is 5.41 Å². The number of rotatable bonds is 4. The van der Waals surface area contributed by atoms with Gasteiger partial charge in [-0.2, -0.15) is 0 Å². The molecule has 0 fully saturated rings. The molecule has 0 unspecified atom stereocenters. The summed E-state index contributed by atoms with van der Waals surface area (Å²) < 4.78 is 0. The maximum absolute atomic E-state index is 11.6. The lowest BCUT2D eigenvalue weighted by molar-refractivity contribution is -0.129. The quantitative estimate of drug-likeness (QED) is 0.677. The average Bonchev–Trinajstić information content (AvgIpc) is 2.04. The largest absolute Gasteiger partial charge is 0.349 e. The van der Waals surface area contributed by atoms with Gasteiger partial charge >= 0.3 is 0 Å². The minimum Gasteiger partial charge on any atom is -0.349 e. The smallest absolute Gasteiger partial charge is 0.227 e. The first-order valence-corrected chi connectivity index (χ1v) is 4.87. The van der Waals surface area contributed by atoms with E-state index in [4.69, 9.17) is 17.3 Å². The second-order valence-corrected chi connectivity index (χ2v) is 4.83. The zero-order valence-electron chi connectivity index (χ0n) is 8.78. The Labute approximate surface area is 85.0 Å².